The van der Waals surface area contributed by atoms with Crippen molar-refractivity contribution in [1.82, 2.24) is 0 Å². The van der Waals surface area contributed by atoms with Crippen molar-refractivity contribution in [2.75, 3.05) is 6.54 Å². The first-order valence-electron chi connectivity index (χ1n) is 5.28. The van der Waals surface area contributed by atoms with Gasteiger partial charge in [0.1, 0.15) is 6.10 Å². The first-order chi connectivity index (χ1) is 7.74. The molecule has 16 heavy (non-hydrogen) atoms. The van der Waals surface area contributed by atoms with Gasteiger partial charge in [-0.1, -0.05) is 42.5 Å². The van der Waals surface area contributed by atoms with E-state index in [1.165, 1.54) is 0 Å². The van der Waals surface area contributed by atoms with Gasteiger partial charge in [0, 0.05) is 6.54 Å². The third-order valence-corrected chi connectivity index (χ3v) is 2.75. The number of hydrogen-bond donors (Lipinski definition) is 3. The van der Waals surface area contributed by atoms with Gasteiger partial charge in [-0.15, -0.1) is 0 Å². The lowest BCUT2D eigenvalue weighted by atomic mass is 9.97. The van der Waals surface area contributed by atoms with Crippen molar-refractivity contribution in [3.8, 4) is 0 Å². The number of rotatable bonds is 3. The molecule has 2 aromatic carbocycles. The highest BCUT2D eigenvalue weighted by Gasteiger charge is 2.18. The second-order valence-electron chi connectivity index (χ2n) is 3.82. The summed E-state index contributed by atoms with van der Waals surface area (Å²) < 4.78 is 0. The Hall–Kier alpha value is -1.42. The molecule has 2 aromatic rings. The summed E-state index contributed by atoms with van der Waals surface area (Å²) in [5.74, 6) is 0. The molecule has 0 fully saturated rings. The first-order valence-corrected chi connectivity index (χ1v) is 5.28. The Bertz CT molecular complexity index is 479. The van der Waals surface area contributed by atoms with Crippen molar-refractivity contribution in [2.24, 2.45) is 5.73 Å². The largest absolute Gasteiger partial charge is 0.389 e. The van der Waals surface area contributed by atoms with Gasteiger partial charge in [-0.25, -0.2) is 0 Å². The third-order valence-electron chi connectivity index (χ3n) is 2.75. The molecule has 2 unspecified atom stereocenters. The van der Waals surface area contributed by atoms with E-state index in [1.54, 1.807) is 0 Å². The number of nitrogens with two attached hydrogens (primary N) is 1. The van der Waals surface area contributed by atoms with Crippen LogP contribution in [-0.4, -0.2) is 22.9 Å². The number of aliphatic hydroxyl groups is 2. The normalized spacial score (nSPS) is 14.9. The fourth-order valence-corrected chi connectivity index (χ4v) is 1.84. The number of fused-ring (bicyclic) bond motifs is 1. The summed E-state index contributed by atoms with van der Waals surface area (Å²) in [5, 5.41) is 21.5. The summed E-state index contributed by atoms with van der Waals surface area (Å²) in [4.78, 5) is 0. The first kappa shape index (κ1) is 11.1. The predicted molar refractivity (Wildman–Crippen MR) is 64.0 cm³/mol. The molecule has 0 aliphatic carbocycles. The summed E-state index contributed by atoms with van der Waals surface area (Å²) in [6.45, 7) is 0.0460. The minimum atomic E-state index is -0.934. The van der Waals surface area contributed by atoms with Crippen LogP contribution in [0.2, 0.25) is 0 Å². The minimum Gasteiger partial charge on any atom is -0.389 e. The summed E-state index contributed by atoms with van der Waals surface area (Å²) in [7, 11) is 0. The van der Waals surface area contributed by atoms with Crippen molar-refractivity contribution >= 4 is 10.8 Å². The summed E-state index contributed by atoms with van der Waals surface area (Å²) in [6.07, 6.45) is -1.86. The lowest BCUT2D eigenvalue weighted by Crippen LogP contribution is -2.27. The van der Waals surface area contributed by atoms with Gasteiger partial charge in [0.15, 0.2) is 0 Å². The Balaban J connectivity index is 2.52. The van der Waals surface area contributed by atoms with Gasteiger partial charge in [-0.3, -0.25) is 0 Å². The van der Waals surface area contributed by atoms with Gasteiger partial charge in [-0.05, 0) is 16.3 Å². The second-order valence-corrected chi connectivity index (χ2v) is 3.82. The second kappa shape index (κ2) is 4.61. The van der Waals surface area contributed by atoms with Crippen molar-refractivity contribution in [3.05, 3.63) is 48.0 Å². The molecular formula is C13H15NO2. The molecule has 2 rings (SSSR count). The molecule has 3 heteroatoms. The molecule has 0 heterocycles. The van der Waals surface area contributed by atoms with Crippen molar-refractivity contribution < 1.29 is 10.2 Å². The van der Waals surface area contributed by atoms with Gasteiger partial charge in [0.2, 0.25) is 0 Å². The van der Waals surface area contributed by atoms with Crippen molar-refractivity contribution in [2.45, 2.75) is 12.2 Å². The molecule has 0 bridgehead atoms. The van der Waals surface area contributed by atoms with Crippen LogP contribution < -0.4 is 5.73 Å². The van der Waals surface area contributed by atoms with Crippen LogP contribution in [-0.2, 0) is 0 Å². The highest BCUT2D eigenvalue weighted by Crippen LogP contribution is 2.25. The van der Waals surface area contributed by atoms with E-state index in [0.717, 1.165) is 16.3 Å². The van der Waals surface area contributed by atoms with Crippen LogP contribution >= 0.6 is 0 Å². The molecule has 0 saturated carbocycles. The summed E-state index contributed by atoms with van der Waals surface area (Å²) in [6, 6.07) is 13.4. The van der Waals surface area contributed by atoms with Crippen molar-refractivity contribution in [1.29, 1.82) is 0 Å². The Morgan fingerprint density at radius 1 is 1.00 bits per heavy atom. The Morgan fingerprint density at radius 2 is 1.69 bits per heavy atom. The van der Waals surface area contributed by atoms with Crippen LogP contribution in [0, 0.1) is 0 Å². The van der Waals surface area contributed by atoms with E-state index < -0.39 is 12.2 Å². The third kappa shape index (κ3) is 1.93. The van der Waals surface area contributed by atoms with E-state index in [0.29, 0.717) is 0 Å². The summed E-state index contributed by atoms with van der Waals surface area (Å²) >= 11 is 0. The smallest absolute Gasteiger partial charge is 0.107 e. The van der Waals surface area contributed by atoms with E-state index in [9.17, 15) is 10.2 Å². The van der Waals surface area contributed by atoms with Gasteiger partial charge < -0.3 is 15.9 Å². The maximum absolute atomic E-state index is 9.96. The minimum absolute atomic E-state index is 0.0460. The average molecular weight is 217 g/mol. The fraction of sp³-hybridized carbons (Fsp3) is 0.231. The number of benzene rings is 2. The molecule has 0 aliphatic heterocycles. The SMILES string of the molecule is NCC(O)C(O)c1cccc2ccccc12. The average Bonchev–Trinajstić information content (AvgIpc) is 2.36. The lowest BCUT2D eigenvalue weighted by molar-refractivity contribution is 0.0252. The zero-order chi connectivity index (χ0) is 11.5. The Labute approximate surface area is 94.1 Å². The number of hydrogen-bond acceptors (Lipinski definition) is 3. The molecule has 0 saturated heterocycles. The van der Waals surface area contributed by atoms with Gasteiger partial charge in [0.25, 0.3) is 0 Å². The molecule has 3 nitrogen and oxygen atoms in total. The topological polar surface area (TPSA) is 66.5 Å². The molecule has 0 aliphatic rings. The molecular weight excluding hydrogens is 202 g/mol. The maximum atomic E-state index is 9.96. The van der Waals surface area contributed by atoms with E-state index in [1.807, 2.05) is 42.5 Å². The van der Waals surface area contributed by atoms with Gasteiger partial charge in [-0.2, -0.15) is 0 Å². The Morgan fingerprint density at radius 3 is 2.44 bits per heavy atom. The molecule has 4 N–H and O–H groups in total. The zero-order valence-electron chi connectivity index (χ0n) is 8.88. The molecule has 2 atom stereocenters. The number of aliphatic hydroxyl groups excluding tert-OH is 2. The van der Waals surface area contributed by atoms with Gasteiger partial charge in [0.05, 0.1) is 6.10 Å². The Kier molecular flexibility index (Phi) is 3.19. The predicted octanol–water partition coefficient (Wildman–Crippen LogP) is 1.19. The van der Waals surface area contributed by atoms with Crippen LogP contribution in [0.4, 0.5) is 0 Å². The molecule has 84 valence electrons. The van der Waals surface area contributed by atoms with E-state index >= 15 is 0 Å². The maximum Gasteiger partial charge on any atom is 0.107 e. The standard InChI is InChI=1S/C13H15NO2/c14-8-12(15)13(16)11-7-3-5-9-4-1-2-6-10(9)11/h1-7,12-13,15-16H,8,14H2. The monoisotopic (exact) mass is 217 g/mol. The van der Waals surface area contributed by atoms with Crippen LogP contribution in [0.5, 0.6) is 0 Å². The van der Waals surface area contributed by atoms with Crippen LogP contribution in [0.1, 0.15) is 11.7 Å². The highest BCUT2D eigenvalue weighted by atomic mass is 16.3. The molecule has 0 spiro atoms. The van der Waals surface area contributed by atoms with Crippen molar-refractivity contribution in [3.63, 3.8) is 0 Å². The van der Waals surface area contributed by atoms with Gasteiger partial charge >= 0.3 is 0 Å². The summed E-state index contributed by atoms with van der Waals surface area (Å²) in [5.41, 5.74) is 6.06. The van der Waals surface area contributed by atoms with Crippen LogP contribution in [0.25, 0.3) is 10.8 Å². The van der Waals surface area contributed by atoms with Crippen LogP contribution in [0.3, 0.4) is 0 Å². The van der Waals surface area contributed by atoms with E-state index in [-0.39, 0.29) is 6.54 Å². The van der Waals surface area contributed by atoms with Crippen LogP contribution in [0.15, 0.2) is 42.5 Å². The highest BCUT2D eigenvalue weighted by molar-refractivity contribution is 5.86. The molecule has 0 amide bonds. The molecule has 0 aromatic heterocycles. The molecule has 0 radical (unpaired) electrons. The quantitative estimate of drug-likeness (QED) is 0.723. The van der Waals surface area contributed by atoms with E-state index in [2.05, 4.69) is 0 Å². The fourth-order valence-electron chi connectivity index (χ4n) is 1.84. The van der Waals surface area contributed by atoms with E-state index in [4.69, 9.17) is 5.73 Å². The zero-order valence-corrected chi connectivity index (χ0v) is 8.88. The lowest BCUT2D eigenvalue weighted by Gasteiger charge is -2.18.